The fraction of sp³-hybridized carbons (Fsp3) is 0. The molecule has 0 spiro atoms. The van der Waals surface area contributed by atoms with Crippen LogP contribution in [0.1, 0.15) is 20.8 Å². The highest BCUT2D eigenvalue weighted by Gasteiger charge is 2.38. The summed E-state index contributed by atoms with van der Waals surface area (Å²) in [4.78, 5) is 29.6. The Balaban J connectivity index is 2.16. The normalized spacial score (nSPS) is 13.9. The second kappa shape index (κ2) is 4.16. The third kappa shape index (κ3) is 1.54. The molecule has 2 amide bonds. The lowest BCUT2D eigenvalue weighted by Gasteiger charge is -2.14. The molecule has 2 heterocycles. The van der Waals surface area contributed by atoms with Crippen LogP contribution >= 0.6 is 22.6 Å². The van der Waals surface area contributed by atoms with Crippen molar-refractivity contribution in [2.24, 2.45) is 0 Å². The lowest BCUT2D eigenvalue weighted by atomic mass is 10.2. The average Bonchev–Trinajstić information content (AvgIpc) is 2.64. The standard InChI is InChI=1S/C13H7IN2O2/c14-9-5-1-2-6-10(9)16-12(17)8-4-3-7-15-11(8)13(16)18/h1-7H. The van der Waals surface area contributed by atoms with Gasteiger partial charge in [0.05, 0.1) is 11.3 Å². The number of benzene rings is 1. The molecule has 0 bridgehead atoms. The number of pyridine rings is 1. The minimum Gasteiger partial charge on any atom is -0.268 e. The average molecular weight is 350 g/mol. The van der Waals surface area contributed by atoms with Gasteiger partial charge in [0, 0.05) is 9.77 Å². The zero-order valence-corrected chi connectivity index (χ0v) is 11.3. The van der Waals surface area contributed by atoms with Crippen molar-refractivity contribution < 1.29 is 9.59 Å². The van der Waals surface area contributed by atoms with Crippen LogP contribution in [0.3, 0.4) is 0 Å². The minimum atomic E-state index is -0.361. The van der Waals surface area contributed by atoms with E-state index in [4.69, 9.17) is 0 Å². The Bertz CT molecular complexity index is 635. The first-order valence-corrected chi connectivity index (χ1v) is 6.36. The molecule has 0 fully saturated rings. The summed E-state index contributed by atoms with van der Waals surface area (Å²) in [5.41, 5.74) is 1.19. The molecule has 2 aromatic rings. The lowest BCUT2D eigenvalue weighted by molar-refractivity contribution is 0.0924. The molecule has 1 aromatic heterocycles. The summed E-state index contributed by atoms with van der Waals surface area (Å²) < 4.78 is 0.851. The maximum Gasteiger partial charge on any atom is 0.284 e. The lowest BCUT2D eigenvalue weighted by Crippen LogP contribution is -2.30. The Morgan fingerprint density at radius 3 is 2.50 bits per heavy atom. The zero-order chi connectivity index (χ0) is 12.7. The number of nitrogens with zero attached hydrogens (tertiary/aromatic N) is 2. The number of hydrogen-bond acceptors (Lipinski definition) is 3. The summed E-state index contributed by atoms with van der Waals surface area (Å²) in [6.45, 7) is 0. The fourth-order valence-corrected chi connectivity index (χ4v) is 2.55. The van der Waals surface area contributed by atoms with E-state index in [0.717, 1.165) is 3.57 Å². The number of amides is 2. The van der Waals surface area contributed by atoms with E-state index >= 15 is 0 Å². The quantitative estimate of drug-likeness (QED) is 0.587. The van der Waals surface area contributed by atoms with Crippen molar-refractivity contribution >= 4 is 40.1 Å². The molecule has 0 saturated carbocycles. The molecular formula is C13H7IN2O2. The summed E-state index contributed by atoms with van der Waals surface area (Å²) >= 11 is 2.10. The van der Waals surface area contributed by atoms with E-state index in [1.54, 1.807) is 24.3 Å². The van der Waals surface area contributed by atoms with E-state index in [0.29, 0.717) is 11.3 Å². The first-order valence-electron chi connectivity index (χ1n) is 5.28. The maximum absolute atomic E-state index is 12.2. The summed E-state index contributed by atoms with van der Waals surface area (Å²) in [5.74, 6) is -0.674. The SMILES string of the molecule is O=C1c2cccnc2C(=O)N1c1ccccc1I. The molecule has 1 aliphatic heterocycles. The Morgan fingerprint density at radius 1 is 1.00 bits per heavy atom. The van der Waals surface area contributed by atoms with Crippen LogP contribution in [0.15, 0.2) is 42.6 Å². The number of carbonyl (C=O) groups excluding carboxylic acids is 2. The van der Waals surface area contributed by atoms with Crippen molar-refractivity contribution in [2.45, 2.75) is 0 Å². The predicted octanol–water partition coefficient (Wildman–Crippen LogP) is 2.49. The number of imide groups is 1. The van der Waals surface area contributed by atoms with E-state index in [2.05, 4.69) is 27.6 Å². The number of fused-ring (bicyclic) bond motifs is 1. The fourth-order valence-electron chi connectivity index (χ4n) is 1.92. The van der Waals surface area contributed by atoms with Gasteiger partial charge < -0.3 is 0 Å². The second-order valence-corrected chi connectivity index (χ2v) is 4.96. The van der Waals surface area contributed by atoms with Gasteiger partial charge in [-0.1, -0.05) is 12.1 Å². The molecule has 0 N–H and O–H groups in total. The summed E-state index contributed by atoms with van der Waals surface area (Å²) in [7, 11) is 0. The topological polar surface area (TPSA) is 50.3 Å². The molecule has 0 radical (unpaired) electrons. The van der Waals surface area contributed by atoms with Gasteiger partial charge in [-0.3, -0.25) is 14.6 Å². The van der Waals surface area contributed by atoms with Crippen LogP contribution in [-0.4, -0.2) is 16.8 Å². The number of anilines is 1. The van der Waals surface area contributed by atoms with Crippen LogP contribution in [0.2, 0.25) is 0 Å². The molecule has 1 aliphatic rings. The van der Waals surface area contributed by atoms with Crippen molar-refractivity contribution in [1.82, 2.24) is 4.98 Å². The Hall–Kier alpha value is -1.76. The molecule has 5 heteroatoms. The van der Waals surface area contributed by atoms with Gasteiger partial charge in [-0.15, -0.1) is 0 Å². The molecule has 18 heavy (non-hydrogen) atoms. The molecule has 88 valence electrons. The van der Waals surface area contributed by atoms with E-state index in [1.165, 1.54) is 11.1 Å². The number of carbonyl (C=O) groups is 2. The van der Waals surface area contributed by atoms with Crippen molar-refractivity contribution in [2.75, 3.05) is 4.90 Å². The monoisotopic (exact) mass is 350 g/mol. The van der Waals surface area contributed by atoms with Crippen molar-refractivity contribution in [3.63, 3.8) is 0 Å². The van der Waals surface area contributed by atoms with E-state index in [1.807, 2.05) is 12.1 Å². The maximum atomic E-state index is 12.2. The number of aromatic nitrogens is 1. The van der Waals surface area contributed by atoms with Crippen LogP contribution < -0.4 is 4.90 Å². The minimum absolute atomic E-state index is 0.224. The number of rotatable bonds is 1. The smallest absolute Gasteiger partial charge is 0.268 e. The highest BCUT2D eigenvalue weighted by Crippen LogP contribution is 2.30. The second-order valence-electron chi connectivity index (χ2n) is 3.80. The molecule has 0 saturated heterocycles. The Morgan fingerprint density at radius 2 is 1.78 bits per heavy atom. The van der Waals surface area contributed by atoms with Gasteiger partial charge in [0.2, 0.25) is 0 Å². The predicted molar refractivity (Wildman–Crippen MR) is 74.5 cm³/mol. The van der Waals surface area contributed by atoms with Gasteiger partial charge in [-0.25, -0.2) is 4.90 Å². The van der Waals surface area contributed by atoms with E-state index in [9.17, 15) is 9.59 Å². The van der Waals surface area contributed by atoms with Gasteiger partial charge >= 0.3 is 0 Å². The zero-order valence-electron chi connectivity index (χ0n) is 9.13. The van der Waals surface area contributed by atoms with E-state index < -0.39 is 0 Å². The summed E-state index contributed by atoms with van der Waals surface area (Å²) in [6, 6.07) is 10.5. The van der Waals surface area contributed by atoms with Crippen molar-refractivity contribution in [3.05, 3.63) is 57.4 Å². The van der Waals surface area contributed by atoms with E-state index in [-0.39, 0.29) is 17.5 Å². The van der Waals surface area contributed by atoms with Crippen LogP contribution in [0.4, 0.5) is 5.69 Å². The summed E-state index contributed by atoms with van der Waals surface area (Å²) in [5, 5.41) is 0. The molecule has 1 aromatic carbocycles. The van der Waals surface area contributed by atoms with Gasteiger partial charge in [-0.2, -0.15) is 0 Å². The molecule has 0 unspecified atom stereocenters. The van der Waals surface area contributed by atoms with Gasteiger partial charge in [0.25, 0.3) is 11.8 Å². The Labute approximate surface area is 117 Å². The van der Waals surface area contributed by atoms with Gasteiger partial charge in [0.1, 0.15) is 5.69 Å². The van der Waals surface area contributed by atoms with Crippen molar-refractivity contribution in [3.8, 4) is 0 Å². The highest BCUT2D eigenvalue weighted by molar-refractivity contribution is 14.1. The van der Waals surface area contributed by atoms with Crippen LogP contribution in [-0.2, 0) is 0 Å². The largest absolute Gasteiger partial charge is 0.284 e. The molecule has 0 aliphatic carbocycles. The highest BCUT2D eigenvalue weighted by atomic mass is 127. The molecule has 0 atom stereocenters. The first kappa shape index (κ1) is 11.3. The van der Waals surface area contributed by atoms with Crippen LogP contribution in [0.5, 0.6) is 0 Å². The first-order chi connectivity index (χ1) is 8.70. The van der Waals surface area contributed by atoms with Crippen LogP contribution in [0.25, 0.3) is 0 Å². The third-order valence-corrected chi connectivity index (χ3v) is 3.65. The van der Waals surface area contributed by atoms with Gasteiger partial charge in [0.15, 0.2) is 0 Å². The number of halogens is 1. The van der Waals surface area contributed by atoms with Crippen molar-refractivity contribution in [1.29, 1.82) is 0 Å². The molecule has 3 rings (SSSR count). The number of hydrogen-bond donors (Lipinski definition) is 0. The number of para-hydroxylation sites is 1. The summed E-state index contributed by atoms with van der Waals surface area (Å²) in [6.07, 6.45) is 1.52. The van der Waals surface area contributed by atoms with Gasteiger partial charge in [-0.05, 0) is 46.9 Å². The van der Waals surface area contributed by atoms with Crippen LogP contribution in [0, 0.1) is 3.57 Å². The molecular weight excluding hydrogens is 343 g/mol. The Kier molecular flexibility index (Phi) is 2.62. The third-order valence-electron chi connectivity index (χ3n) is 2.74. The molecule has 4 nitrogen and oxygen atoms in total.